The monoisotopic (exact) mass is 290 g/mol. The van der Waals surface area contributed by atoms with Crippen LogP contribution >= 0.6 is 0 Å². The number of rotatable bonds is 4. The van der Waals surface area contributed by atoms with Crippen molar-refractivity contribution in [1.29, 1.82) is 0 Å². The molecule has 0 saturated heterocycles. The molecule has 6 heteroatoms. The zero-order valence-electron chi connectivity index (χ0n) is 11.6. The van der Waals surface area contributed by atoms with Crippen LogP contribution in [0.5, 0.6) is 0 Å². The van der Waals surface area contributed by atoms with Crippen LogP contribution in [-0.4, -0.2) is 27.2 Å². The van der Waals surface area contributed by atoms with Crippen LogP contribution < -0.4 is 0 Å². The molecule has 1 aromatic heterocycles. The van der Waals surface area contributed by atoms with Gasteiger partial charge in [-0.15, -0.1) is 0 Å². The standard InChI is InChI=1S/C14H21F3N2O/c1-2-19-9-10(8-18-19)7-13(20)11-3-5-12(6-4-11)14(15,16)17/h8-9,11-13,20H,2-7H2,1H3. The van der Waals surface area contributed by atoms with Crippen molar-refractivity contribution in [3.8, 4) is 0 Å². The Kier molecular flexibility index (Phi) is 4.73. The number of halogens is 3. The number of aliphatic hydroxyl groups is 1. The molecule has 0 aliphatic heterocycles. The van der Waals surface area contributed by atoms with Gasteiger partial charge >= 0.3 is 6.18 Å². The lowest BCUT2D eigenvalue weighted by Crippen LogP contribution is -2.32. The quantitative estimate of drug-likeness (QED) is 0.925. The fraction of sp³-hybridized carbons (Fsp3) is 0.786. The molecule has 1 saturated carbocycles. The lowest BCUT2D eigenvalue weighted by Gasteiger charge is -2.32. The van der Waals surface area contributed by atoms with Crippen LogP contribution in [0.15, 0.2) is 12.4 Å². The van der Waals surface area contributed by atoms with Crippen LogP contribution in [0.3, 0.4) is 0 Å². The van der Waals surface area contributed by atoms with Crippen molar-refractivity contribution in [2.75, 3.05) is 0 Å². The third kappa shape index (κ3) is 3.75. The van der Waals surface area contributed by atoms with Crippen molar-refractivity contribution < 1.29 is 18.3 Å². The molecule has 1 N–H and O–H groups in total. The van der Waals surface area contributed by atoms with E-state index in [1.165, 1.54) is 0 Å². The second-order valence-corrected chi connectivity index (χ2v) is 5.63. The van der Waals surface area contributed by atoms with E-state index in [0.29, 0.717) is 19.3 Å². The minimum absolute atomic E-state index is 0.0291. The van der Waals surface area contributed by atoms with Gasteiger partial charge in [-0.25, -0.2) is 0 Å². The summed E-state index contributed by atoms with van der Waals surface area (Å²) in [5.74, 6) is -1.22. The van der Waals surface area contributed by atoms with Crippen LogP contribution in [0.2, 0.25) is 0 Å². The maximum Gasteiger partial charge on any atom is 0.391 e. The second kappa shape index (κ2) is 6.16. The third-order valence-electron chi connectivity index (χ3n) is 4.23. The average molecular weight is 290 g/mol. The van der Waals surface area contributed by atoms with Crippen LogP contribution in [0, 0.1) is 11.8 Å². The molecule has 0 spiro atoms. The maximum atomic E-state index is 12.6. The first-order valence-corrected chi connectivity index (χ1v) is 7.16. The molecule has 0 radical (unpaired) electrons. The van der Waals surface area contributed by atoms with Crippen molar-refractivity contribution >= 4 is 0 Å². The van der Waals surface area contributed by atoms with Gasteiger partial charge in [0, 0.05) is 19.2 Å². The van der Waals surface area contributed by atoms with Crippen LogP contribution in [0.4, 0.5) is 13.2 Å². The SMILES string of the molecule is CCn1cc(CC(O)C2CCC(C(F)(F)F)CC2)cn1. The van der Waals surface area contributed by atoms with Gasteiger partial charge < -0.3 is 5.11 Å². The number of hydrogen-bond donors (Lipinski definition) is 1. The molecule has 1 aliphatic carbocycles. The van der Waals surface area contributed by atoms with Gasteiger partial charge in [0.25, 0.3) is 0 Å². The Bertz CT molecular complexity index is 422. The fourth-order valence-electron chi connectivity index (χ4n) is 2.92. The maximum absolute atomic E-state index is 12.6. The summed E-state index contributed by atoms with van der Waals surface area (Å²) in [6, 6.07) is 0. The highest BCUT2D eigenvalue weighted by molar-refractivity contribution is 5.06. The van der Waals surface area contributed by atoms with Crippen LogP contribution in [0.1, 0.15) is 38.2 Å². The van der Waals surface area contributed by atoms with Gasteiger partial charge in [-0.05, 0) is 44.1 Å². The minimum Gasteiger partial charge on any atom is -0.392 e. The topological polar surface area (TPSA) is 38.0 Å². The summed E-state index contributed by atoms with van der Waals surface area (Å²) < 4.78 is 39.5. The molecular weight excluding hydrogens is 269 g/mol. The lowest BCUT2D eigenvalue weighted by molar-refractivity contribution is -0.185. The summed E-state index contributed by atoms with van der Waals surface area (Å²) in [6.07, 6.45) is 0.594. The molecule has 1 atom stereocenters. The van der Waals surface area contributed by atoms with Crippen molar-refractivity contribution in [2.45, 2.75) is 57.9 Å². The molecule has 1 unspecified atom stereocenters. The van der Waals surface area contributed by atoms with Gasteiger partial charge in [0.15, 0.2) is 0 Å². The van der Waals surface area contributed by atoms with Gasteiger partial charge in [0.2, 0.25) is 0 Å². The third-order valence-corrected chi connectivity index (χ3v) is 4.23. The van der Waals surface area contributed by atoms with Crippen molar-refractivity contribution in [2.24, 2.45) is 11.8 Å². The molecule has 2 rings (SSSR count). The molecule has 20 heavy (non-hydrogen) atoms. The highest BCUT2D eigenvalue weighted by Crippen LogP contribution is 2.40. The Morgan fingerprint density at radius 1 is 1.35 bits per heavy atom. The van der Waals surface area contributed by atoms with Gasteiger partial charge in [-0.3, -0.25) is 4.68 Å². The van der Waals surface area contributed by atoms with Gasteiger partial charge in [0.1, 0.15) is 0 Å². The first kappa shape index (κ1) is 15.4. The average Bonchev–Trinajstić information content (AvgIpc) is 2.85. The van der Waals surface area contributed by atoms with Gasteiger partial charge in [-0.2, -0.15) is 18.3 Å². The lowest BCUT2D eigenvalue weighted by atomic mass is 9.78. The largest absolute Gasteiger partial charge is 0.392 e. The fourth-order valence-corrected chi connectivity index (χ4v) is 2.92. The molecule has 0 bridgehead atoms. The van der Waals surface area contributed by atoms with E-state index in [4.69, 9.17) is 0 Å². The van der Waals surface area contributed by atoms with Crippen molar-refractivity contribution in [1.82, 2.24) is 9.78 Å². The number of aromatic nitrogens is 2. The minimum atomic E-state index is -4.09. The Balaban J connectivity index is 1.84. The predicted octanol–water partition coefficient (Wildman–Crippen LogP) is 3.18. The molecule has 1 aliphatic rings. The van der Waals surface area contributed by atoms with E-state index in [0.717, 1.165) is 12.1 Å². The summed E-state index contributed by atoms with van der Waals surface area (Å²) in [5, 5.41) is 14.3. The van der Waals surface area contributed by atoms with E-state index in [9.17, 15) is 18.3 Å². The molecular formula is C14H21F3N2O. The highest BCUT2D eigenvalue weighted by Gasteiger charge is 2.42. The van der Waals surface area contributed by atoms with Crippen LogP contribution in [-0.2, 0) is 13.0 Å². The van der Waals surface area contributed by atoms with E-state index in [-0.39, 0.29) is 18.8 Å². The first-order chi connectivity index (χ1) is 9.40. The highest BCUT2D eigenvalue weighted by atomic mass is 19.4. The van der Waals surface area contributed by atoms with E-state index < -0.39 is 18.2 Å². The summed E-state index contributed by atoms with van der Waals surface area (Å²) >= 11 is 0. The summed E-state index contributed by atoms with van der Waals surface area (Å²) in [5.41, 5.74) is 0.942. The predicted molar refractivity (Wildman–Crippen MR) is 69.1 cm³/mol. The molecule has 1 fully saturated rings. The zero-order chi connectivity index (χ0) is 14.8. The Morgan fingerprint density at radius 3 is 2.50 bits per heavy atom. The molecule has 0 aromatic carbocycles. The van der Waals surface area contributed by atoms with E-state index in [2.05, 4.69) is 5.10 Å². The molecule has 114 valence electrons. The first-order valence-electron chi connectivity index (χ1n) is 7.16. The Hall–Kier alpha value is -1.04. The van der Waals surface area contributed by atoms with Gasteiger partial charge in [0.05, 0.1) is 18.2 Å². The van der Waals surface area contributed by atoms with Crippen molar-refractivity contribution in [3.63, 3.8) is 0 Å². The smallest absolute Gasteiger partial charge is 0.391 e. The Morgan fingerprint density at radius 2 is 2.00 bits per heavy atom. The van der Waals surface area contributed by atoms with Crippen LogP contribution in [0.25, 0.3) is 0 Å². The molecule has 1 aromatic rings. The molecule has 0 amide bonds. The summed E-state index contributed by atoms with van der Waals surface area (Å²) in [6.45, 7) is 2.75. The van der Waals surface area contributed by atoms with Crippen molar-refractivity contribution in [3.05, 3.63) is 18.0 Å². The van der Waals surface area contributed by atoms with Gasteiger partial charge in [-0.1, -0.05) is 0 Å². The molecule has 1 heterocycles. The number of hydrogen-bond acceptors (Lipinski definition) is 2. The Labute approximate surface area is 116 Å². The zero-order valence-corrected chi connectivity index (χ0v) is 11.6. The number of aryl methyl sites for hydroxylation is 1. The second-order valence-electron chi connectivity index (χ2n) is 5.63. The normalized spacial score (nSPS) is 25.6. The number of aliphatic hydroxyl groups excluding tert-OH is 1. The van der Waals surface area contributed by atoms with E-state index in [1.54, 1.807) is 10.9 Å². The summed E-state index contributed by atoms with van der Waals surface area (Å²) in [7, 11) is 0. The molecule has 3 nitrogen and oxygen atoms in total. The van der Waals surface area contributed by atoms with E-state index >= 15 is 0 Å². The number of alkyl halides is 3. The summed E-state index contributed by atoms with van der Waals surface area (Å²) in [4.78, 5) is 0. The van der Waals surface area contributed by atoms with E-state index in [1.807, 2.05) is 13.1 Å². The number of nitrogens with zero attached hydrogens (tertiary/aromatic N) is 2.